The Morgan fingerprint density at radius 3 is 1.83 bits per heavy atom. The van der Waals surface area contributed by atoms with E-state index in [9.17, 15) is 35.5 Å². The lowest BCUT2D eigenvalue weighted by Gasteiger charge is -2.30. The molecule has 0 aliphatic carbocycles. The van der Waals surface area contributed by atoms with Crippen LogP contribution in [0.2, 0.25) is 0 Å². The van der Waals surface area contributed by atoms with Crippen molar-refractivity contribution in [2.75, 3.05) is 0 Å². The quantitative estimate of drug-likeness (QED) is 0.737. The molecule has 0 saturated heterocycles. The minimum absolute atomic E-state index is 0.0681. The van der Waals surface area contributed by atoms with Crippen LogP contribution in [0.3, 0.4) is 0 Å². The number of nitrogens with one attached hydrogen (secondary N) is 1. The maximum atomic E-state index is 14.2. The van der Waals surface area contributed by atoms with Gasteiger partial charge in [0.25, 0.3) is 0 Å². The van der Waals surface area contributed by atoms with Gasteiger partial charge in [-0.05, 0) is 32.4 Å². The minimum atomic E-state index is -6.22. The lowest BCUT2D eigenvalue weighted by atomic mass is 9.90. The summed E-state index contributed by atoms with van der Waals surface area (Å²) < 4.78 is 91.5. The molecule has 0 saturated carbocycles. The van der Waals surface area contributed by atoms with Gasteiger partial charge in [-0.3, -0.25) is 4.79 Å². The Kier molecular flexibility index (Phi) is 3.98. The van der Waals surface area contributed by atoms with Crippen molar-refractivity contribution in [3.05, 3.63) is 44.7 Å². The average molecular weight is 355 g/mol. The molecule has 0 aliphatic heterocycles. The van der Waals surface area contributed by atoms with Crippen molar-refractivity contribution in [1.29, 1.82) is 0 Å². The number of fused-ring (bicyclic) bond motifs is 1. The monoisotopic (exact) mass is 355 g/mol. The Morgan fingerprint density at radius 2 is 1.38 bits per heavy atom. The molecule has 0 atom stereocenters. The van der Waals surface area contributed by atoms with Gasteiger partial charge in [0.1, 0.15) is 0 Å². The molecule has 0 aliphatic rings. The first kappa shape index (κ1) is 18.3. The molecule has 9 heteroatoms. The van der Waals surface area contributed by atoms with Crippen molar-refractivity contribution in [3.63, 3.8) is 0 Å². The third-order valence-electron chi connectivity index (χ3n) is 3.97. The first-order valence-corrected chi connectivity index (χ1v) is 6.68. The molecule has 2 nitrogen and oxygen atoms in total. The Hall–Kier alpha value is -2.06. The van der Waals surface area contributed by atoms with E-state index in [0.29, 0.717) is 17.8 Å². The Bertz CT molecular complexity index is 847. The fraction of sp³-hybridized carbons (Fsp3) is 0.400. The van der Waals surface area contributed by atoms with Crippen LogP contribution in [0.4, 0.5) is 30.7 Å². The second-order valence-corrected chi connectivity index (χ2v) is 5.57. The van der Waals surface area contributed by atoms with Gasteiger partial charge in [-0.2, -0.15) is 26.3 Å². The largest absolute Gasteiger partial charge is 0.435 e. The second kappa shape index (κ2) is 5.22. The van der Waals surface area contributed by atoms with Gasteiger partial charge in [-0.1, -0.05) is 6.07 Å². The summed E-state index contributed by atoms with van der Waals surface area (Å²) in [6, 6.07) is 0.766. The topological polar surface area (TPSA) is 32.9 Å². The first-order chi connectivity index (χ1) is 10.7. The third-order valence-corrected chi connectivity index (χ3v) is 3.97. The van der Waals surface area contributed by atoms with Crippen LogP contribution >= 0.6 is 0 Å². The van der Waals surface area contributed by atoms with Gasteiger partial charge in [-0.25, -0.2) is 4.39 Å². The molecule has 0 radical (unpaired) electrons. The first-order valence-electron chi connectivity index (χ1n) is 6.68. The molecule has 1 heterocycles. The van der Waals surface area contributed by atoms with E-state index in [1.807, 2.05) is 0 Å². The molecule has 132 valence electrons. The highest BCUT2D eigenvalue weighted by Gasteiger charge is 2.73. The van der Waals surface area contributed by atoms with Crippen molar-refractivity contribution in [2.24, 2.45) is 0 Å². The molecule has 1 aromatic carbocycles. The van der Waals surface area contributed by atoms with E-state index in [2.05, 4.69) is 4.98 Å². The maximum Gasteiger partial charge on any atom is 0.435 e. The molecular formula is C15H12F7NO. The van der Waals surface area contributed by atoms with Crippen molar-refractivity contribution in [2.45, 2.75) is 38.8 Å². The summed E-state index contributed by atoms with van der Waals surface area (Å²) in [7, 11) is 0. The number of aromatic nitrogens is 1. The second-order valence-electron chi connectivity index (χ2n) is 5.57. The van der Waals surface area contributed by atoms with Gasteiger partial charge >= 0.3 is 18.0 Å². The summed E-state index contributed by atoms with van der Waals surface area (Å²) >= 11 is 0. The smallest absolute Gasteiger partial charge is 0.358 e. The van der Waals surface area contributed by atoms with E-state index >= 15 is 0 Å². The van der Waals surface area contributed by atoms with Crippen molar-refractivity contribution >= 4 is 10.9 Å². The van der Waals surface area contributed by atoms with Gasteiger partial charge in [0.05, 0.1) is 5.52 Å². The van der Waals surface area contributed by atoms with Crippen LogP contribution in [0, 0.1) is 20.8 Å². The Balaban J connectivity index is 2.95. The molecule has 2 aromatic rings. The molecule has 0 amide bonds. The third kappa shape index (κ3) is 2.46. The number of aromatic amines is 1. The predicted octanol–water partition coefficient (Wildman–Crippen LogP) is 4.74. The number of rotatable bonds is 1. The highest BCUT2D eigenvalue weighted by atomic mass is 19.4. The summed E-state index contributed by atoms with van der Waals surface area (Å²) in [6.45, 7) is 4.10. The molecule has 24 heavy (non-hydrogen) atoms. The summed E-state index contributed by atoms with van der Waals surface area (Å²) in [4.78, 5) is 14.9. The number of alkyl halides is 7. The standard InChI is InChI=1S/C15H12F7NO/c1-6-4-9(13(16,14(17,18)19)15(20,21)22)5-10-11(6)23-8(3)7(2)12(10)24/h4-5H,1-3H3,(H,23,24). The van der Waals surface area contributed by atoms with E-state index in [4.69, 9.17) is 0 Å². The molecule has 0 fully saturated rings. The summed E-state index contributed by atoms with van der Waals surface area (Å²) in [5.74, 6) is 0. The number of hydrogen-bond acceptors (Lipinski definition) is 1. The molecule has 0 bridgehead atoms. The lowest BCUT2D eigenvalue weighted by molar-refractivity contribution is -0.348. The maximum absolute atomic E-state index is 14.2. The zero-order valence-corrected chi connectivity index (χ0v) is 12.7. The number of pyridine rings is 1. The Morgan fingerprint density at radius 1 is 0.875 bits per heavy atom. The van der Waals surface area contributed by atoms with Crippen molar-refractivity contribution < 1.29 is 30.7 Å². The number of aryl methyl sites for hydroxylation is 2. The summed E-state index contributed by atoms with van der Waals surface area (Å²) in [5, 5.41) is -0.427. The van der Waals surface area contributed by atoms with Crippen LogP contribution in [0.1, 0.15) is 22.4 Å². The average Bonchev–Trinajstić information content (AvgIpc) is 2.42. The number of H-pyrrole nitrogens is 1. The normalized spacial score (nSPS) is 13.6. The van der Waals surface area contributed by atoms with Crippen LogP contribution in [-0.4, -0.2) is 17.3 Å². The summed E-state index contributed by atoms with van der Waals surface area (Å²) in [6.07, 6.45) is -12.4. The number of halogens is 7. The SMILES string of the molecule is Cc1[nH]c2c(C)cc(C(F)(C(F)(F)F)C(F)(F)F)cc2c(=O)c1C. The molecular weight excluding hydrogens is 343 g/mol. The van der Waals surface area contributed by atoms with Crippen LogP contribution in [0.5, 0.6) is 0 Å². The van der Waals surface area contributed by atoms with Crippen molar-refractivity contribution in [1.82, 2.24) is 4.98 Å². The van der Waals surface area contributed by atoms with Crippen LogP contribution in [-0.2, 0) is 5.67 Å². The summed E-state index contributed by atoms with van der Waals surface area (Å²) in [5.41, 5.74) is -7.47. The van der Waals surface area contributed by atoms with Crippen molar-refractivity contribution in [3.8, 4) is 0 Å². The zero-order valence-electron chi connectivity index (χ0n) is 12.7. The van der Waals surface area contributed by atoms with E-state index < -0.39 is 34.4 Å². The fourth-order valence-corrected chi connectivity index (χ4v) is 2.47. The molecule has 0 spiro atoms. The van der Waals surface area contributed by atoms with Gasteiger partial charge < -0.3 is 4.98 Å². The van der Waals surface area contributed by atoms with E-state index in [1.54, 1.807) is 0 Å². The predicted molar refractivity (Wildman–Crippen MR) is 73.7 cm³/mol. The van der Waals surface area contributed by atoms with E-state index in [1.165, 1.54) is 20.8 Å². The molecule has 0 unspecified atom stereocenters. The zero-order chi connectivity index (χ0) is 18.7. The number of benzene rings is 1. The van der Waals surface area contributed by atoms with Crippen LogP contribution in [0.15, 0.2) is 16.9 Å². The van der Waals surface area contributed by atoms with E-state index in [0.717, 1.165) is 0 Å². The van der Waals surface area contributed by atoms with Crippen LogP contribution < -0.4 is 5.43 Å². The van der Waals surface area contributed by atoms with Gasteiger partial charge in [0.2, 0.25) is 0 Å². The van der Waals surface area contributed by atoms with Gasteiger partial charge in [-0.15, -0.1) is 0 Å². The minimum Gasteiger partial charge on any atom is -0.358 e. The molecule has 1 N–H and O–H groups in total. The highest BCUT2D eigenvalue weighted by molar-refractivity contribution is 5.83. The lowest BCUT2D eigenvalue weighted by Crippen LogP contribution is -2.50. The van der Waals surface area contributed by atoms with Gasteiger partial charge in [0, 0.05) is 22.2 Å². The fourth-order valence-electron chi connectivity index (χ4n) is 2.47. The highest BCUT2D eigenvalue weighted by Crippen LogP contribution is 2.53. The molecule has 2 rings (SSSR count). The molecule has 1 aromatic heterocycles. The number of hydrogen-bond donors (Lipinski definition) is 1. The Labute approximate surface area is 131 Å². The van der Waals surface area contributed by atoms with Gasteiger partial charge in [0.15, 0.2) is 5.43 Å². The van der Waals surface area contributed by atoms with E-state index in [-0.39, 0.29) is 16.6 Å². The van der Waals surface area contributed by atoms with Crippen LogP contribution in [0.25, 0.3) is 10.9 Å².